The molecule has 2 saturated carbocycles. The van der Waals surface area contributed by atoms with Crippen LogP contribution >= 0.6 is 0 Å². The van der Waals surface area contributed by atoms with Gasteiger partial charge in [-0.25, -0.2) is 0 Å². The van der Waals surface area contributed by atoms with Gasteiger partial charge in [0.1, 0.15) is 0 Å². The first-order valence-electron chi connectivity index (χ1n) is 4.62. The van der Waals surface area contributed by atoms with Gasteiger partial charge in [0, 0.05) is 0 Å². The number of hydrogen-bond donors (Lipinski definition) is 1. The molecule has 0 aromatic heterocycles. The maximum absolute atomic E-state index is 5.44. The molecule has 2 aliphatic rings. The molecule has 0 aromatic rings. The van der Waals surface area contributed by atoms with Crippen LogP contribution < -0.4 is 5.73 Å². The Morgan fingerprint density at radius 2 is 2.10 bits per heavy atom. The molecule has 58 valence electrons. The third kappa shape index (κ3) is 1.34. The topological polar surface area (TPSA) is 26.0 Å². The Kier molecular flexibility index (Phi) is 1.69. The average molecular weight is 139 g/mol. The maximum Gasteiger partial charge on any atom is -0.00772 e. The summed E-state index contributed by atoms with van der Waals surface area (Å²) in [6.45, 7) is 0.897. The fourth-order valence-corrected chi connectivity index (χ4v) is 2.08. The molecular formula is C9H17N. The van der Waals surface area contributed by atoms with Crippen molar-refractivity contribution in [3.05, 3.63) is 0 Å². The van der Waals surface area contributed by atoms with Gasteiger partial charge in [0.25, 0.3) is 0 Å². The van der Waals surface area contributed by atoms with Crippen LogP contribution in [-0.2, 0) is 0 Å². The van der Waals surface area contributed by atoms with E-state index in [9.17, 15) is 0 Å². The van der Waals surface area contributed by atoms with E-state index in [2.05, 4.69) is 0 Å². The molecule has 0 amide bonds. The molecule has 0 aromatic carbocycles. The monoisotopic (exact) mass is 139 g/mol. The van der Waals surface area contributed by atoms with Gasteiger partial charge in [-0.3, -0.25) is 0 Å². The summed E-state index contributed by atoms with van der Waals surface area (Å²) in [5, 5.41) is 0. The molecular weight excluding hydrogens is 122 g/mol. The van der Waals surface area contributed by atoms with Crippen LogP contribution in [0.1, 0.15) is 32.1 Å². The molecule has 2 N–H and O–H groups in total. The second-order valence-electron chi connectivity index (χ2n) is 3.93. The van der Waals surface area contributed by atoms with Gasteiger partial charge >= 0.3 is 0 Å². The van der Waals surface area contributed by atoms with Crippen LogP contribution in [0.15, 0.2) is 0 Å². The van der Waals surface area contributed by atoms with Gasteiger partial charge in [-0.15, -0.1) is 0 Å². The van der Waals surface area contributed by atoms with Crippen molar-refractivity contribution in [3.63, 3.8) is 0 Å². The molecule has 0 aliphatic heterocycles. The van der Waals surface area contributed by atoms with Crippen LogP contribution in [0.5, 0.6) is 0 Å². The lowest BCUT2D eigenvalue weighted by molar-refractivity contribution is 0.576. The first kappa shape index (κ1) is 6.66. The van der Waals surface area contributed by atoms with E-state index in [-0.39, 0.29) is 0 Å². The van der Waals surface area contributed by atoms with Crippen molar-refractivity contribution in [2.75, 3.05) is 6.54 Å². The van der Waals surface area contributed by atoms with E-state index >= 15 is 0 Å². The minimum atomic E-state index is 0.897. The van der Waals surface area contributed by atoms with Gasteiger partial charge < -0.3 is 5.73 Å². The summed E-state index contributed by atoms with van der Waals surface area (Å²) in [5.74, 6) is 3.39. The predicted octanol–water partition coefficient (Wildman–Crippen LogP) is 1.77. The smallest absolute Gasteiger partial charge is 0.00772 e. The summed E-state index contributed by atoms with van der Waals surface area (Å²) in [4.78, 5) is 0. The molecule has 2 aliphatic carbocycles. The molecule has 2 rings (SSSR count). The van der Waals surface area contributed by atoms with Gasteiger partial charge in [-0.1, -0.05) is 0 Å². The molecule has 0 saturated heterocycles. The number of nitrogens with two attached hydrogens (primary N) is 1. The molecule has 1 nitrogen and oxygen atoms in total. The van der Waals surface area contributed by atoms with Gasteiger partial charge in [-0.2, -0.15) is 0 Å². The Balaban J connectivity index is 1.60. The molecule has 2 atom stereocenters. The zero-order valence-electron chi connectivity index (χ0n) is 6.55. The fourth-order valence-electron chi connectivity index (χ4n) is 2.08. The summed E-state index contributed by atoms with van der Waals surface area (Å²) in [5.41, 5.74) is 5.44. The van der Waals surface area contributed by atoms with E-state index in [0.717, 1.165) is 24.3 Å². The average Bonchev–Trinajstić information content (AvgIpc) is 2.77. The molecule has 10 heavy (non-hydrogen) atoms. The highest BCUT2D eigenvalue weighted by Crippen LogP contribution is 2.55. The van der Waals surface area contributed by atoms with Gasteiger partial charge in [0.15, 0.2) is 0 Å². The van der Waals surface area contributed by atoms with Crippen molar-refractivity contribution >= 4 is 0 Å². The van der Waals surface area contributed by atoms with E-state index < -0.39 is 0 Å². The quantitative estimate of drug-likeness (QED) is 0.631. The van der Waals surface area contributed by atoms with Crippen molar-refractivity contribution in [2.24, 2.45) is 23.5 Å². The van der Waals surface area contributed by atoms with Crippen LogP contribution in [0.3, 0.4) is 0 Å². The molecule has 0 bridgehead atoms. The normalized spacial score (nSPS) is 38.1. The Morgan fingerprint density at radius 1 is 1.30 bits per heavy atom. The van der Waals surface area contributed by atoms with Crippen LogP contribution in [0.25, 0.3) is 0 Å². The summed E-state index contributed by atoms with van der Waals surface area (Å²) in [6.07, 6.45) is 7.27. The largest absolute Gasteiger partial charge is 0.330 e. The minimum Gasteiger partial charge on any atom is -0.330 e. The molecule has 0 radical (unpaired) electrons. The second-order valence-corrected chi connectivity index (χ2v) is 3.93. The Bertz CT molecular complexity index is 118. The SMILES string of the molecule is NCCCC1CC1C1CC1. The van der Waals surface area contributed by atoms with Crippen LogP contribution in [-0.4, -0.2) is 6.54 Å². The lowest BCUT2D eigenvalue weighted by atomic mass is 10.1. The molecule has 2 fully saturated rings. The van der Waals surface area contributed by atoms with Gasteiger partial charge in [-0.05, 0) is 56.4 Å². The molecule has 2 unspecified atom stereocenters. The highest BCUT2D eigenvalue weighted by Gasteiger charge is 2.46. The third-order valence-electron chi connectivity index (χ3n) is 2.98. The first-order chi connectivity index (χ1) is 4.92. The maximum atomic E-state index is 5.44. The molecule has 0 heterocycles. The van der Waals surface area contributed by atoms with Crippen molar-refractivity contribution in [1.29, 1.82) is 0 Å². The standard InChI is InChI=1S/C9H17N/c10-5-1-2-8-6-9(8)7-3-4-7/h7-9H,1-6,10H2. The van der Waals surface area contributed by atoms with Crippen molar-refractivity contribution in [1.82, 2.24) is 0 Å². The Hall–Kier alpha value is -0.0400. The number of rotatable bonds is 4. The zero-order chi connectivity index (χ0) is 6.97. The van der Waals surface area contributed by atoms with Gasteiger partial charge in [0.2, 0.25) is 0 Å². The summed E-state index contributed by atoms with van der Waals surface area (Å²) < 4.78 is 0. The number of hydrogen-bond acceptors (Lipinski definition) is 1. The van der Waals surface area contributed by atoms with Crippen molar-refractivity contribution in [3.8, 4) is 0 Å². The minimum absolute atomic E-state index is 0.897. The summed E-state index contributed by atoms with van der Waals surface area (Å²) >= 11 is 0. The van der Waals surface area contributed by atoms with Crippen molar-refractivity contribution in [2.45, 2.75) is 32.1 Å². The fraction of sp³-hybridized carbons (Fsp3) is 1.00. The molecule has 0 spiro atoms. The predicted molar refractivity (Wildman–Crippen MR) is 42.6 cm³/mol. The van der Waals surface area contributed by atoms with Crippen LogP contribution in [0, 0.1) is 17.8 Å². The molecule has 1 heteroatoms. The summed E-state index contributed by atoms with van der Waals surface area (Å²) in [7, 11) is 0. The Morgan fingerprint density at radius 3 is 2.70 bits per heavy atom. The van der Waals surface area contributed by atoms with E-state index in [1.807, 2.05) is 0 Å². The lowest BCUT2D eigenvalue weighted by Crippen LogP contribution is -1.98. The third-order valence-corrected chi connectivity index (χ3v) is 2.98. The Labute approximate surface area is 63.0 Å². The highest BCUT2D eigenvalue weighted by atomic mass is 14.5. The van der Waals surface area contributed by atoms with E-state index in [0.29, 0.717) is 0 Å². The van der Waals surface area contributed by atoms with Crippen LogP contribution in [0.2, 0.25) is 0 Å². The summed E-state index contributed by atoms with van der Waals surface area (Å²) in [6, 6.07) is 0. The highest BCUT2D eigenvalue weighted by molar-refractivity contribution is 4.96. The second kappa shape index (κ2) is 2.54. The van der Waals surface area contributed by atoms with E-state index in [1.165, 1.54) is 32.1 Å². The zero-order valence-corrected chi connectivity index (χ0v) is 6.55. The van der Waals surface area contributed by atoms with Crippen molar-refractivity contribution < 1.29 is 0 Å². The first-order valence-corrected chi connectivity index (χ1v) is 4.62. The van der Waals surface area contributed by atoms with Crippen LogP contribution in [0.4, 0.5) is 0 Å². The van der Waals surface area contributed by atoms with Gasteiger partial charge in [0.05, 0.1) is 0 Å². The lowest BCUT2D eigenvalue weighted by Gasteiger charge is -1.94. The van der Waals surface area contributed by atoms with E-state index in [4.69, 9.17) is 5.73 Å². The van der Waals surface area contributed by atoms with E-state index in [1.54, 1.807) is 0 Å².